The summed E-state index contributed by atoms with van der Waals surface area (Å²) in [5.74, 6) is 1.69. The van der Waals surface area contributed by atoms with E-state index in [9.17, 15) is 5.11 Å². The average Bonchev–Trinajstić information content (AvgIpc) is 2.62. The van der Waals surface area contributed by atoms with Crippen molar-refractivity contribution in [3.05, 3.63) is 29.8 Å². The Morgan fingerprint density at radius 1 is 1.19 bits per heavy atom. The second-order valence-electron chi connectivity index (χ2n) is 7.04. The van der Waals surface area contributed by atoms with Crippen LogP contribution in [0, 0.1) is 5.41 Å². The van der Waals surface area contributed by atoms with Crippen molar-refractivity contribution in [2.45, 2.75) is 66.5 Å². The third-order valence-electron chi connectivity index (χ3n) is 4.81. The molecule has 0 unspecified atom stereocenters. The zero-order chi connectivity index (χ0) is 19.4. The van der Waals surface area contributed by atoms with E-state index in [1.54, 1.807) is 0 Å². The van der Waals surface area contributed by atoms with Crippen LogP contribution in [0.3, 0.4) is 0 Å². The van der Waals surface area contributed by atoms with Gasteiger partial charge in [-0.25, -0.2) is 4.99 Å². The minimum Gasteiger partial charge on any atom is -0.491 e. The Morgan fingerprint density at radius 2 is 1.89 bits per heavy atom. The summed E-state index contributed by atoms with van der Waals surface area (Å²) in [4.78, 5) is 4.71. The molecule has 6 heteroatoms. The summed E-state index contributed by atoms with van der Waals surface area (Å²) in [6.07, 6.45) is 3.03. The summed E-state index contributed by atoms with van der Waals surface area (Å²) in [6.45, 7) is 12.9. The average molecular weight is 491 g/mol. The Balaban J connectivity index is 0.00000676. The van der Waals surface area contributed by atoms with Crippen molar-refractivity contribution >= 4 is 29.9 Å². The molecule has 0 aliphatic carbocycles. The van der Waals surface area contributed by atoms with Crippen LogP contribution in [-0.2, 0) is 6.54 Å². The van der Waals surface area contributed by atoms with Gasteiger partial charge in [0.15, 0.2) is 5.96 Å². The molecule has 0 saturated carbocycles. The van der Waals surface area contributed by atoms with Gasteiger partial charge in [0, 0.05) is 19.7 Å². The largest absolute Gasteiger partial charge is 0.491 e. The molecule has 0 amide bonds. The van der Waals surface area contributed by atoms with Gasteiger partial charge in [0.1, 0.15) is 5.75 Å². The maximum absolute atomic E-state index is 9.39. The molecule has 1 aromatic rings. The van der Waals surface area contributed by atoms with Gasteiger partial charge in [-0.2, -0.15) is 0 Å². The highest BCUT2D eigenvalue weighted by Gasteiger charge is 2.25. The molecule has 0 aliphatic heterocycles. The quantitative estimate of drug-likeness (QED) is 0.245. The van der Waals surface area contributed by atoms with E-state index < -0.39 is 0 Å². The first-order valence-corrected chi connectivity index (χ1v) is 9.87. The van der Waals surface area contributed by atoms with Gasteiger partial charge in [0.2, 0.25) is 0 Å². The summed E-state index contributed by atoms with van der Waals surface area (Å²) in [7, 11) is 0. The van der Waals surface area contributed by atoms with Crippen LogP contribution >= 0.6 is 24.0 Å². The minimum absolute atomic E-state index is 0. The highest BCUT2D eigenvalue weighted by molar-refractivity contribution is 14.0. The van der Waals surface area contributed by atoms with Gasteiger partial charge < -0.3 is 20.5 Å². The monoisotopic (exact) mass is 491 g/mol. The Labute approximate surface area is 182 Å². The first kappa shape index (κ1) is 26.0. The van der Waals surface area contributed by atoms with Gasteiger partial charge in [-0.3, -0.25) is 0 Å². The van der Waals surface area contributed by atoms with Gasteiger partial charge in [-0.15, -0.1) is 24.0 Å². The number of rotatable bonds is 11. The molecule has 0 aliphatic rings. The van der Waals surface area contributed by atoms with Crippen molar-refractivity contribution in [1.82, 2.24) is 10.6 Å². The fourth-order valence-electron chi connectivity index (χ4n) is 2.95. The van der Waals surface area contributed by atoms with E-state index in [0.717, 1.165) is 49.6 Å². The lowest BCUT2D eigenvalue weighted by atomic mass is 9.79. The molecule has 0 atom stereocenters. The standard InChI is InChI=1S/C21H37N3O2.HI/c1-6-21(7-2,12-13-25)16-24-20(22-8-3)23-15-18-10-9-11-19(14-18)26-17(4)5;/h9-11,14,17,25H,6-8,12-13,15-16H2,1-5H3,(H2,22,23,24);1H. The van der Waals surface area contributed by atoms with Crippen molar-refractivity contribution in [2.24, 2.45) is 10.4 Å². The Hall–Kier alpha value is -1.02. The molecule has 1 rings (SSSR count). The molecule has 3 N–H and O–H groups in total. The number of aliphatic hydroxyl groups excluding tert-OH is 1. The molecule has 27 heavy (non-hydrogen) atoms. The van der Waals surface area contributed by atoms with E-state index in [0.29, 0.717) is 6.54 Å². The molecule has 0 spiro atoms. The second-order valence-corrected chi connectivity index (χ2v) is 7.04. The van der Waals surface area contributed by atoms with Crippen LogP contribution in [0.25, 0.3) is 0 Å². The van der Waals surface area contributed by atoms with Gasteiger partial charge in [-0.1, -0.05) is 26.0 Å². The zero-order valence-corrected chi connectivity index (χ0v) is 19.9. The number of aliphatic imine (C=N–C) groups is 1. The van der Waals surface area contributed by atoms with Crippen molar-refractivity contribution in [2.75, 3.05) is 19.7 Å². The summed E-state index contributed by atoms with van der Waals surface area (Å²) in [6, 6.07) is 8.08. The van der Waals surface area contributed by atoms with Crippen LogP contribution in [0.4, 0.5) is 0 Å². The summed E-state index contributed by atoms with van der Waals surface area (Å²) >= 11 is 0. The molecule has 0 bridgehead atoms. The van der Waals surface area contributed by atoms with Crippen LogP contribution in [0.15, 0.2) is 29.3 Å². The minimum atomic E-state index is 0. The molecule has 0 fully saturated rings. The predicted octanol–water partition coefficient (Wildman–Crippen LogP) is 4.34. The molecule has 0 aromatic heterocycles. The fraction of sp³-hybridized carbons (Fsp3) is 0.667. The summed E-state index contributed by atoms with van der Waals surface area (Å²) < 4.78 is 5.75. The predicted molar refractivity (Wildman–Crippen MR) is 125 cm³/mol. The summed E-state index contributed by atoms with van der Waals surface area (Å²) in [5.41, 5.74) is 1.23. The van der Waals surface area contributed by atoms with Crippen LogP contribution in [0.1, 0.15) is 59.4 Å². The van der Waals surface area contributed by atoms with Gasteiger partial charge in [0.25, 0.3) is 0 Å². The molecule has 156 valence electrons. The molecular weight excluding hydrogens is 453 g/mol. The lowest BCUT2D eigenvalue weighted by molar-refractivity contribution is 0.169. The third kappa shape index (κ3) is 9.65. The van der Waals surface area contributed by atoms with E-state index in [1.165, 1.54) is 0 Å². The topological polar surface area (TPSA) is 65.9 Å². The number of halogens is 1. The molecule has 0 radical (unpaired) electrons. The number of guanidine groups is 1. The van der Waals surface area contributed by atoms with Gasteiger partial charge in [-0.05, 0) is 63.1 Å². The van der Waals surface area contributed by atoms with Crippen LogP contribution in [-0.4, -0.2) is 36.9 Å². The van der Waals surface area contributed by atoms with Gasteiger partial charge >= 0.3 is 0 Å². The highest BCUT2D eigenvalue weighted by atomic mass is 127. The van der Waals surface area contributed by atoms with Crippen molar-refractivity contribution < 1.29 is 9.84 Å². The number of ether oxygens (including phenoxy) is 1. The number of hydrogen-bond acceptors (Lipinski definition) is 3. The Kier molecular flexibility index (Phi) is 13.5. The normalized spacial score (nSPS) is 11.9. The van der Waals surface area contributed by atoms with E-state index in [4.69, 9.17) is 9.73 Å². The summed E-state index contributed by atoms with van der Waals surface area (Å²) in [5, 5.41) is 16.2. The fourth-order valence-corrected chi connectivity index (χ4v) is 2.95. The number of nitrogens with zero attached hydrogens (tertiary/aromatic N) is 1. The SMILES string of the molecule is CCNC(=NCc1cccc(OC(C)C)c1)NCC(CC)(CC)CCO.I. The van der Waals surface area contributed by atoms with Crippen LogP contribution in [0.5, 0.6) is 5.75 Å². The molecule has 1 aromatic carbocycles. The van der Waals surface area contributed by atoms with Crippen LogP contribution in [0.2, 0.25) is 0 Å². The molecule has 0 heterocycles. The van der Waals surface area contributed by atoms with Crippen molar-refractivity contribution in [1.29, 1.82) is 0 Å². The van der Waals surface area contributed by atoms with E-state index in [1.807, 2.05) is 32.0 Å². The first-order chi connectivity index (χ1) is 12.5. The number of aliphatic hydroxyl groups is 1. The van der Waals surface area contributed by atoms with Gasteiger partial charge in [0.05, 0.1) is 12.6 Å². The molecule has 0 saturated heterocycles. The third-order valence-corrected chi connectivity index (χ3v) is 4.81. The Bertz CT molecular complexity index is 546. The van der Waals surface area contributed by atoms with E-state index in [2.05, 4.69) is 37.5 Å². The maximum atomic E-state index is 9.39. The van der Waals surface area contributed by atoms with E-state index in [-0.39, 0.29) is 42.1 Å². The lowest BCUT2D eigenvalue weighted by Gasteiger charge is -2.32. The zero-order valence-electron chi connectivity index (χ0n) is 17.5. The smallest absolute Gasteiger partial charge is 0.191 e. The molecular formula is C21H38IN3O2. The first-order valence-electron chi connectivity index (χ1n) is 9.87. The highest BCUT2D eigenvalue weighted by Crippen LogP contribution is 2.29. The van der Waals surface area contributed by atoms with E-state index >= 15 is 0 Å². The Morgan fingerprint density at radius 3 is 2.44 bits per heavy atom. The molecule has 5 nitrogen and oxygen atoms in total. The van der Waals surface area contributed by atoms with Crippen molar-refractivity contribution in [3.8, 4) is 5.75 Å². The number of hydrogen-bond donors (Lipinski definition) is 3. The lowest BCUT2D eigenvalue weighted by Crippen LogP contribution is -2.43. The number of nitrogens with one attached hydrogen (secondary N) is 2. The maximum Gasteiger partial charge on any atom is 0.191 e. The van der Waals surface area contributed by atoms with Crippen molar-refractivity contribution in [3.63, 3.8) is 0 Å². The second kappa shape index (κ2) is 14.0. The number of benzene rings is 1. The van der Waals surface area contributed by atoms with Crippen LogP contribution < -0.4 is 15.4 Å².